The van der Waals surface area contributed by atoms with E-state index in [-0.39, 0.29) is 11.3 Å². The van der Waals surface area contributed by atoms with Crippen molar-refractivity contribution in [3.63, 3.8) is 0 Å². The Hall–Kier alpha value is -1.85. The SMILES string of the molecule is CNC(=O)C1(C)CCN(c2cc(N)nc(C)n2)C1. The normalized spacial score (nSPS) is 23.2. The van der Waals surface area contributed by atoms with Gasteiger partial charge in [-0.25, -0.2) is 9.97 Å². The number of rotatable bonds is 2. The molecule has 1 unspecified atom stereocenters. The first-order valence-corrected chi connectivity index (χ1v) is 6.03. The smallest absolute Gasteiger partial charge is 0.227 e. The summed E-state index contributed by atoms with van der Waals surface area (Å²) >= 11 is 0. The van der Waals surface area contributed by atoms with Crippen LogP contribution in [-0.2, 0) is 4.79 Å². The van der Waals surface area contributed by atoms with Crippen LogP contribution in [0.2, 0.25) is 0 Å². The minimum absolute atomic E-state index is 0.0729. The maximum absolute atomic E-state index is 11.9. The van der Waals surface area contributed by atoms with E-state index in [0.717, 1.165) is 18.8 Å². The van der Waals surface area contributed by atoms with Crippen LogP contribution in [0.15, 0.2) is 6.07 Å². The van der Waals surface area contributed by atoms with Gasteiger partial charge in [0.2, 0.25) is 5.91 Å². The highest BCUT2D eigenvalue weighted by molar-refractivity contribution is 5.83. The minimum atomic E-state index is -0.359. The number of aromatic nitrogens is 2. The summed E-state index contributed by atoms with van der Waals surface area (Å²) < 4.78 is 0. The predicted molar refractivity (Wildman–Crippen MR) is 70.2 cm³/mol. The van der Waals surface area contributed by atoms with Gasteiger partial charge in [0.1, 0.15) is 17.5 Å². The molecule has 98 valence electrons. The number of nitrogens with zero attached hydrogens (tertiary/aromatic N) is 3. The highest BCUT2D eigenvalue weighted by atomic mass is 16.2. The molecule has 1 aliphatic rings. The first-order chi connectivity index (χ1) is 8.44. The number of aryl methyl sites for hydroxylation is 1. The van der Waals surface area contributed by atoms with E-state index in [2.05, 4.69) is 20.2 Å². The van der Waals surface area contributed by atoms with Crippen LogP contribution in [0.4, 0.5) is 11.6 Å². The Bertz CT molecular complexity index is 455. The van der Waals surface area contributed by atoms with Gasteiger partial charge in [-0.3, -0.25) is 4.79 Å². The molecule has 0 aromatic carbocycles. The van der Waals surface area contributed by atoms with Gasteiger partial charge < -0.3 is 16.0 Å². The van der Waals surface area contributed by atoms with Crippen molar-refractivity contribution in [3.8, 4) is 0 Å². The molecule has 1 aliphatic heterocycles. The summed E-state index contributed by atoms with van der Waals surface area (Å²) in [6.45, 7) is 5.25. The molecule has 0 spiro atoms. The van der Waals surface area contributed by atoms with Gasteiger partial charge in [-0.1, -0.05) is 0 Å². The molecule has 3 N–H and O–H groups in total. The van der Waals surface area contributed by atoms with Gasteiger partial charge in [0.05, 0.1) is 5.41 Å². The van der Waals surface area contributed by atoms with E-state index in [4.69, 9.17) is 5.73 Å². The summed E-state index contributed by atoms with van der Waals surface area (Å²) in [6, 6.07) is 1.75. The standard InChI is InChI=1S/C12H19N5O/c1-8-15-9(13)6-10(16-8)17-5-4-12(2,7-17)11(18)14-3/h6H,4-5,7H2,1-3H3,(H,14,18)(H2,13,15,16). The first-order valence-electron chi connectivity index (χ1n) is 6.03. The number of carbonyl (C=O) groups excluding carboxylic acids is 1. The topological polar surface area (TPSA) is 84.1 Å². The van der Waals surface area contributed by atoms with Crippen molar-refractivity contribution in [3.05, 3.63) is 11.9 Å². The fraction of sp³-hybridized carbons (Fsp3) is 0.583. The van der Waals surface area contributed by atoms with Gasteiger partial charge in [-0.15, -0.1) is 0 Å². The minimum Gasteiger partial charge on any atom is -0.384 e. The summed E-state index contributed by atoms with van der Waals surface area (Å²) in [6.07, 6.45) is 0.815. The van der Waals surface area contributed by atoms with Crippen LogP contribution in [0.25, 0.3) is 0 Å². The fourth-order valence-corrected chi connectivity index (χ4v) is 2.38. The zero-order valence-corrected chi connectivity index (χ0v) is 11.0. The maximum atomic E-state index is 11.9. The van der Waals surface area contributed by atoms with E-state index in [1.807, 2.05) is 13.8 Å². The average Bonchev–Trinajstić information content (AvgIpc) is 2.71. The zero-order chi connectivity index (χ0) is 13.3. The summed E-state index contributed by atoms with van der Waals surface area (Å²) in [5.74, 6) is 1.99. The van der Waals surface area contributed by atoms with Crippen molar-refractivity contribution in [2.75, 3.05) is 30.8 Å². The molecule has 1 atom stereocenters. The molecule has 1 saturated heterocycles. The van der Waals surface area contributed by atoms with Crippen molar-refractivity contribution >= 4 is 17.5 Å². The summed E-state index contributed by atoms with van der Waals surface area (Å²) in [5, 5.41) is 2.72. The molecule has 2 heterocycles. The Balaban J connectivity index is 2.20. The van der Waals surface area contributed by atoms with Crippen LogP contribution < -0.4 is 16.0 Å². The Labute approximate surface area is 107 Å². The van der Waals surface area contributed by atoms with Crippen LogP contribution in [0.5, 0.6) is 0 Å². The highest BCUT2D eigenvalue weighted by Gasteiger charge is 2.40. The van der Waals surface area contributed by atoms with Crippen LogP contribution in [0.1, 0.15) is 19.2 Å². The largest absolute Gasteiger partial charge is 0.384 e. The number of carbonyl (C=O) groups is 1. The number of anilines is 2. The summed E-state index contributed by atoms with van der Waals surface area (Å²) in [5.41, 5.74) is 5.36. The van der Waals surface area contributed by atoms with Crippen LogP contribution in [0, 0.1) is 12.3 Å². The molecule has 0 saturated carbocycles. The monoisotopic (exact) mass is 249 g/mol. The van der Waals surface area contributed by atoms with Gasteiger partial charge >= 0.3 is 0 Å². The lowest BCUT2D eigenvalue weighted by molar-refractivity contribution is -0.128. The third-order valence-corrected chi connectivity index (χ3v) is 3.42. The van der Waals surface area contributed by atoms with Gasteiger partial charge in [-0.05, 0) is 20.3 Å². The van der Waals surface area contributed by atoms with E-state index in [1.165, 1.54) is 0 Å². The molecule has 1 fully saturated rings. The number of amides is 1. The Morgan fingerprint density at radius 3 is 2.89 bits per heavy atom. The van der Waals surface area contributed by atoms with E-state index in [1.54, 1.807) is 13.1 Å². The molecule has 0 aliphatic carbocycles. The fourth-order valence-electron chi connectivity index (χ4n) is 2.38. The third kappa shape index (κ3) is 2.23. The molecular weight excluding hydrogens is 230 g/mol. The van der Waals surface area contributed by atoms with E-state index >= 15 is 0 Å². The number of nitrogen functional groups attached to an aromatic ring is 1. The van der Waals surface area contributed by atoms with Crippen molar-refractivity contribution < 1.29 is 4.79 Å². The van der Waals surface area contributed by atoms with Crippen molar-refractivity contribution in [2.45, 2.75) is 20.3 Å². The lowest BCUT2D eigenvalue weighted by Gasteiger charge is -2.23. The second-order valence-corrected chi connectivity index (χ2v) is 5.01. The average molecular weight is 249 g/mol. The molecule has 1 aromatic heterocycles. The Morgan fingerprint density at radius 2 is 2.28 bits per heavy atom. The molecule has 18 heavy (non-hydrogen) atoms. The van der Waals surface area contributed by atoms with Crippen LogP contribution in [-0.4, -0.2) is 36.0 Å². The van der Waals surface area contributed by atoms with Crippen LogP contribution >= 0.6 is 0 Å². The third-order valence-electron chi connectivity index (χ3n) is 3.42. The second kappa shape index (κ2) is 4.44. The molecule has 1 aromatic rings. The molecule has 6 heteroatoms. The van der Waals surface area contributed by atoms with Gasteiger partial charge in [0.15, 0.2) is 0 Å². The number of hydrogen-bond acceptors (Lipinski definition) is 5. The van der Waals surface area contributed by atoms with Gasteiger partial charge in [0.25, 0.3) is 0 Å². The van der Waals surface area contributed by atoms with E-state index in [9.17, 15) is 4.79 Å². The van der Waals surface area contributed by atoms with E-state index in [0.29, 0.717) is 18.2 Å². The van der Waals surface area contributed by atoms with E-state index < -0.39 is 0 Å². The molecule has 1 amide bonds. The van der Waals surface area contributed by atoms with Gasteiger partial charge in [-0.2, -0.15) is 0 Å². The molecule has 0 bridgehead atoms. The first kappa shape index (κ1) is 12.6. The zero-order valence-electron chi connectivity index (χ0n) is 11.0. The van der Waals surface area contributed by atoms with Gasteiger partial charge in [0, 0.05) is 26.2 Å². The summed E-state index contributed by atoms with van der Waals surface area (Å²) in [4.78, 5) is 22.4. The second-order valence-electron chi connectivity index (χ2n) is 5.01. The predicted octanol–water partition coefficient (Wildman–Crippen LogP) is 0.330. The summed E-state index contributed by atoms with van der Waals surface area (Å²) in [7, 11) is 1.67. The molecule has 0 radical (unpaired) electrons. The quantitative estimate of drug-likeness (QED) is 0.789. The molecular formula is C12H19N5O. The molecule has 2 rings (SSSR count). The highest BCUT2D eigenvalue weighted by Crippen LogP contribution is 2.32. The van der Waals surface area contributed by atoms with Crippen LogP contribution in [0.3, 0.4) is 0 Å². The lowest BCUT2D eigenvalue weighted by Crippen LogP contribution is -2.39. The lowest BCUT2D eigenvalue weighted by atomic mass is 9.89. The number of hydrogen-bond donors (Lipinski definition) is 2. The number of nitrogens with two attached hydrogens (primary N) is 1. The van der Waals surface area contributed by atoms with Crippen molar-refractivity contribution in [2.24, 2.45) is 5.41 Å². The van der Waals surface area contributed by atoms with Crippen molar-refractivity contribution in [1.82, 2.24) is 15.3 Å². The Kier molecular flexibility index (Phi) is 3.11. The van der Waals surface area contributed by atoms with Crippen molar-refractivity contribution in [1.29, 1.82) is 0 Å². The Morgan fingerprint density at radius 1 is 1.56 bits per heavy atom. The maximum Gasteiger partial charge on any atom is 0.227 e. The molecule has 6 nitrogen and oxygen atoms in total. The number of nitrogens with one attached hydrogen (secondary N) is 1.